The Bertz CT molecular complexity index is 417. The van der Waals surface area contributed by atoms with Crippen molar-refractivity contribution in [2.45, 2.75) is 19.3 Å². The van der Waals surface area contributed by atoms with E-state index in [4.69, 9.17) is 9.84 Å². The highest BCUT2D eigenvalue weighted by Crippen LogP contribution is 2.31. The van der Waals surface area contributed by atoms with E-state index in [2.05, 4.69) is 11.0 Å². The van der Waals surface area contributed by atoms with Gasteiger partial charge in [0.2, 0.25) is 0 Å². The van der Waals surface area contributed by atoms with Crippen LogP contribution in [0.25, 0.3) is 0 Å². The Morgan fingerprint density at radius 1 is 1.53 bits per heavy atom. The van der Waals surface area contributed by atoms with E-state index in [1.807, 2.05) is 19.2 Å². The second kappa shape index (κ2) is 5.08. The van der Waals surface area contributed by atoms with Gasteiger partial charge >= 0.3 is 5.97 Å². The molecule has 1 N–H and O–H groups in total. The molecule has 92 valence electrons. The van der Waals surface area contributed by atoms with Crippen molar-refractivity contribution in [3.05, 3.63) is 23.8 Å². The molecule has 1 aromatic carbocycles. The van der Waals surface area contributed by atoms with Crippen LogP contribution in [0.15, 0.2) is 18.2 Å². The molecule has 0 aliphatic carbocycles. The number of aliphatic carboxylic acids is 1. The summed E-state index contributed by atoms with van der Waals surface area (Å²) in [5.41, 5.74) is 2.27. The van der Waals surface area contributed by atoms with E-state index in [9.17, 15) is 4.79 Å². The van der Waals surface area contributed by atoms with Crippen molar-refractivity contribution in [3.63, 3.8) is 0 Å². The van der Waals surface area contributed by atoms with Gasteiger partial charge in [0.25, 0.3) is 0 Å². The first-order valence-electron chi connectivity index (χ1n) is 5.85. The Hall–Kier alpha value is -1.71. The van der Waals surface area contributed by atoms with Gasteiger partial charge in [0, 0.05) is 13.5 Å². The molecule has 1 heterocycles. The highest BCUT2D eigenvalue weighted by atomic mass is 16.5. The number of hydrogen-bond donors (Lipinski definition) is 1. The molecule has 1 aliphatic heterocycles. The van der Waals surface area contributed by atoms with Gasteiger partial charge in [-0.15, -0.1) is 0 Å². The predicted molar refractivity (Wildman–Crippen MR) is 65.8 cm³/mol. The lowest BCUT2D eigenvalue weighted by Gasteiger charge is -2.28. The summed E-state index contributed by atoms with van der Waals surface area (Å²) in [5.74, 6) is 0.184. The molecular formula is C13H17NO3. The Morgan fingerprint density at radius 2 is 2.35 bits per heavy atom. The summed E-state index contributed by atoms with van der Waals surface area (Å²) >= 11 is 0. The maximum absolute atomic E-state index is 10.4. The molecule has 4 heteroatoms. The summed E-state index contributed by atoms with van der Waals surface area (Å²) in [5, 5.41) is 8.60. The van der Waals surface area contributed by atoms with Crippen molar-refractivity contribution in [2.24, 2.45) is 0 Å². The van der Waals surface area contributed by atoms with E-state index >= 15 is 0 Å². The fourth-order valence-corrected chi connectivity index (χ4v) is 2.00. The van der Waals surface area contributed by atoms with Crippen LogP contribution >= 0.6 is 0 Å². The van der Waals surface area contributed by atoms with Crippen molar-refractivity contribution in [1.82, 2.24) is 0 Å². The van der Waals surface area contributed by atoms with Gasteiger partial charge in [-0.3, -0.25) is 4.79 Å². The van der Waals surface area contributed by atoms with Crippen LogP contribution in [0.5, 0.6) is 5.75 Å². The van der Waals surface area contributed by atoms with Gasteiger partial charge in [0.05, 0.1) is 12.2 Å². The van der Waals surface area contributed by atoms with E-state index in [0.29, 0.717) is 6.42 Å². The lowest BCUT2D eigenvalue weighted by Crippen LogP contribution is -2.28. The van der Waals surface area contributed by atoms with Gasteiger partial charge in [0.1, 0.15) is 12.4 Å². The van der Waals surface area contributed by atoms with Crippen molar-refractivity contribution < 1.29 is 14.6 Å². The average molecular weight is 235 g/mol. The van der Waals surface area contributed by atoms with Crippen LogP contribution in [0.3, 0.4) is 0 Å². The van der Waals surface area contributed by atoms with Gasteiger partial charge in [-0.1, -0.05) is 6.07 Å². The van der Waals surface area contributed by atoms with Gasteiger partial charge < -0.3 is 14.7 Å². The minimum absolute atomic E-state index is 0.226. The van der Waals surface area contributed by atoms with Crippen LogP contribution < -0.4 is 9.64 Å². The van der Waals surface area contributed by atoms with Crippen molar-refractivity contribution in [2.75, 3.05) is 25.1 Å². The molecule has 0 bridgehead atoms. The molecular weight excluding hydrogens is 218 g/mol. The smallest absolute Gasteiger partial charge is 0.303 e. The number of rotatable bonds is 4. The van der Waals surface area contributed by atoms with E-state index < -0.39 is 5.97 Å². The fourth-order valence-electron chi connectivity index (χ4n) is 2.00. The Balaban J connectivity index is 2.04. The molecule has 1 aliphatic rings. The fraction of sp³-hybridized carbons (Fsp3) is 0.462. The normalized spacial score (nSPS) is 14.1. The molecule has 0 radical (unpaired) electrons. The zero-order valence-corrected chi connectivity index (χ0v) is 9.98. The Labute approximate surface area is 101 Å². The van der Waals surface area contributed by atoms with E-state index in [1.165, 1.54) is 5.56 Å². The minimum Gasteiger partial charge on any atom is -0.490 e. The molecule has 1 aromatic rings. The molecule has 0 fully saturated rings. The largest absolute Gasteiger partial charge is 0.490 e. The lowest BCUT2D eigenvalue weighted by atomic mass is 10.1. The van der Waals surface area contributed by atoms with Crippen molar-refractivity contribution >= 4 is 11.7 Å². The highest BCUT2D eigenvalue weighted by molar-refractivity contribution is 5.66. The topological polar surface area (TPSA) is 49.8 Å². The van der Waals surface area contributed by atoms with Crippen LogP contribution in [-0.2, 0) is 11.2 Å². The summed E-state index contributed by atoms with van der Waals surface area (Å²) in [7, 11) is 2.04. The van der Waals surface area contributed by atoms with Gasteiger partial charge in [-0.05, 0) is 30.5 Å². The third-order valence-corrected chi connectivity index (χ3v) is 2.97. The van der Waals surface area contributed by atoms with Crippen LogP contribution in [0.2, 0.25) is 0 Å². The van der Waals surface area contributed by atoms with E-state index in [0.717, 1.165) is 31.0 Å². The number of benzene rings is 1. The summed E-state index contributed by atoms with van der Waals surface area (Å²) < 4.78 is 5.56. The first kappa shape index (κ1) is 11.8. The van der Waals surface area contributed by atoms with Gasteiger partial charge in [-0.25, -0.2) is 0 Å². The standard InChI is InChI=1S/C13H17NO3/c1-14-7-8-17-12-6-5-10(9-11(12)14)3-2-4-13(15)16/h5-6,9H,2-4,7-8H2,1H3,(H,15,16). The van der Waals surface area contributed by atoms with E-state index in [1.54, 1.807) is 0 Å². The summed E-state index contributed by atoms with van der Waals surface area (Å²) in [6.07, 6.45) is 1.70. The predicted octanol–water partition coefficient (Wildman–Crippen LogP) is 1.92. The molecule has 0 saturated heterocycles. The first-order chi connectivity index (χ1) is 8.16. The zero-order chi connectivity index (χ0) is 12.3. The van der Waals surface area contributed by atoms with Crippen molar-refractivity contribution in [1.29, 1.82) is 0 Å². The van der Waals surface area contributed by atoms with E-state index in [-0.39, 0.29) is 6.42 Å². The van der Waals surface area contributed by atoms with Crippen LogP contribution in [0.1, 0.15) is 18.4 Å². The molecule has 0 saturated carbocycles. The second-order valence-electron chi connectivity index (χ2n) is 4.32. The Morgan fingerprint density at radius 3 is 3.12 bits per heavy atom. The third-order valence-electron chi connectivity index (χ3n) is 2.97. The van der Waals surface area contributed by atoms with Gasteiger partial charge in [-0.2, -0.15) is 0 Å². The number of anilines is 1. The highest BCUT2D eigenvalue weighted by Gasteiger charge is 2.14. The van der Waals surface area contributed by atoms with Crippen LogP contribution in [0, 0.1) is 0 Å². The number of carbonyl (C=O) groups is 1. The number of fused-ring (bicyclic) bond motifs is 1. The van der Waals surface area contributed by atoms with Crippen molar-refractivity contribution in [3.8, 4) is 5.75 Å². The van der Waals surface area contributed by atoms with Crippen LogP contribution in [0.4, 0.5) is 5.69 Å². The molecule has 0 atom stereocenters. The SMILES string of the molecule is CN1CCOc2ccc(CCCC(=O)O)cc21. The number of carboxylic acid groups (broad SMARTS) is 1. The maximum Gasteiger partial charge on any atom is 0.303 e. The zero-order valence-electron chi connectivity index (χ0n) is 9.98. The number of ether oxygens (including phenoxy) is 1. The third kappa shape index (κ3) is 2.90. The minimum atomic E-state index is -0.733. The average Bonchev–Trinajstić information content (AvgIpc) is 2.30. The lowest BCUT2D eigenvalue weighted by molar-refractivity contribution is -0.137. The monoisotopic (exact) mass is 235 g/mol. The number of carboxylic acids is 1. The van der Waals surface area contributed by atoms with Gasteiger partial charge in [0.15, 0.2) is 0 Å². The number of hydrogen-bond acceptors (Lipinski definition) is 3. The quantitative estimate of drug-likeness (QED) is 0.866. The first-order valence-corrected chi connectivity index (χ1v) is 5.85. The summed E-state index contributed by atoms with van der Waals surface area (Å²) in [6.45, 7) is 1.62. The molecule has 2 rings (SSSR count). The molecule has 0 spiro atoms. The molecule has 17 heavy (non-hydrogen) atoms. The number of aryl methyl sites for hydroxylation is 1. The Kier molecular flexibility index (Phi) is 3.52. The second-order valence-corrected chi connectivity index (χ2v) is 4.32. The summed E-state index contributed by atoms with van der Waals surface area (Å²) in [4.78, 5) is 12.6. The van der Waals surface area contributed by atoms with Crippen LogP contribution in [-0.4, -0.2) is 31.3 Å². The summed E-state index contributed by atoms with van der Waals surface area (Å²) in [6, 6.07) is 6.08. The molecule has 0 aromatic heterocycles. The molecule has 0 unspecified atom stereocenters. The molecule has 4 nitrogen and oxygen atoms in total. The number of likely N-dealkylation sites (N-methyl/N-ethyl adjacent to an activating group) is 1. The molecule has 0 amide bonds. The number of nitrogens with zero attached hydrogens (tertiary/aromatic N) is 1. The maximum atomic E-state index is 10.4.